The van der Waals surface area contributed by atoms with Gasteiger partial charge < -0.3 is 0 Å². The monoisotopic (exact) mass is 548 g/mol. The van der Waals surface area contributed by atoms with Crippen molar-refractivity contribution in [1.82, 2.24) is 9.44 Å². The quantitative estimate of drug-likeness (QED) is 0.141. The van der Waals surface area contributed by atoms with Crippen LogP contribution in [-0.4, -0.2) is 28.3 Å². The van der Waals surface area contributed by atoms with Crippen LogP contribution >= 0.6 is 11.9 Å². The topological polar surface area (TPSA) is 41.1 Å². The van der Waals surface area contributed by atoms with Gasteiger partial charge in [0.25, 0.3) is 0 Å². The van der Waals surface area contributed by atoms with Crippen molar-refractivity contribution in [1.29, 1.82) is 0 Å². The molecule has 1 fully saturated rings. The lowest BCUT2D eigenvalue weighted by atomic mass is 9.74. The van der Waals surface area contributed by atoms with Crippen molar-refractivity contribution in [2.45, 2.75) is 91.2 Å². The van der Waals surface area contributed by atoms with E-state index in [1.807, 2.05) is 18.9 Å². The minimum atomic E-state index is -1.06. The molecule has 1 aromatic carbocycles. The van der Waals surface area contributed by atoms with E-state index in [-0.39, 0.29) is 5.83 Å². The molecule has 1 aliphatic rings. The van der Waals surface area contributed by atoms with Gasteiger partial charge in [-0.05, 0) is 94.3 Å². The van der Waals surface area contributed by atoms with Gasteiger partial charge in [-0.3, -0.25) is 4.72 Å². The largest absolute Gasteiger partial charge is 0.264 e. The van der Waals surface area contributed by atoms with Gasteiger partial charge in [0, 0.05) is 24.1 Å². The summed E-state index contributed by atoms with van der Waals surface area (Å²) >= 11 is 1.85. The minimum Gasteiger partial charge on any atom is -0.264 e. The van der Waals surface area contributed by atoms with Crippen LogP contribution in [0.1, 0.15) is 90.7 Å². The molecule has 0 amide bonds. The van der Waals surface area contributed by atoms with Crippen LogP contribution in [0.15, 0.2) is 47.8 Å². The summed E-state index contributed by atoms with van der Waals surface area (Å²) in [5, 5.41) is 0.636. The van der Waals surface area contributed by atoms with Crippen molar-refractivity contribution < 1.29 is 8.60 Å². The van der Waals surface area contributed by atoms with Crippen molar-refractivity contribution in [2.24, 2.45) is 11.8 Å². The van der Waals surface area contributed by atoms with Crippen LogP contribution in [-0.2, 0) is 17.4 Å². The summed E-state index contributed by atoms with van der Waals surface area (Å²) in [6, 6.07) is 9.08. The van der Waals surface area contributed by atoms with Gasteiger partial charge in [-0.25, -0.2) is 13.3 Å². The fourth-order valence-corrected chi connectivity index (χ4v) is 6.14. The Hall–Kier alpha value is -1.39. The fraction of sp³-hybridized carbons (Fsp3) is 0.613. The van der Waals surface area contributed by atoms with Gasteiger partial charge in [0.05, 0.1) is 16.8 Å². The number of benzene rings is 1. The average Bonchev–Trinajstić information content (AvgIpc) is 2.87. The molecule has 0 bridgehead atoms. The van der Waals surface area contributed by atoms with Gasteiger partial charge in [0.15, 0.2) is 0 Å². The molecule has 2 rings (SSSR count). The van der Waals surface area contributed by atoms with E-state index < -0.39 is 11.0 Å². The average molecular weight is 549 g/mol. The van der Waals surface area contributed by atoms with Crippen LogP contribution in [0.4, 0.5) is 4.39 Å². The molecule has 6 heteroatoms. The standard InChI is InChI=1S/C28H45FN2OS2.C3H4/c1-21(2)33-30-20-23(4)26-12-14-28(15-13-26)27-10-8-25(9-11-27)16-18-31-34(32)19-17-22(3)6-7-24(5)29;1-3-2/h6-11,21,23,26,28,30-31H,12-20H2,1-5H3;1H,2H3/b22-6+,24-7+;. The minimum absolute atomic E-state index is 0.212. The Bertz CT molecular complexity index is 877. The number of terminal acetylenes is 1. The lowest BCUT2D eigenvalue weighted by Crippen LogP contribution is -2.26. The Morgan fingerprint density at radius 2 is 1.78 bits per heavy atom. The molecule has 1 aromatic rings. The van der Waals surface area contributed by atoms with Crippen molar-refractivity contribution in [3.8, 4) is 12.3 Å². The Balaban J connectivity index is 0.00000217. The van der Waals surface area contributed by atoms with Crippen LogP contribution in [0, 0.1) is 24.2 Å². The fourth-order valence-electron chi connectivity index (χ4n) is 4.47. The highest BCUT2D eigenvalue weighted by molar-refractivity contribution is 7.97. The summed E-state index contributed by atoms with van der Waals surface area (Å²) in [5.41, 5.74) is 3.79. The van der Waals surface area contributed by atoms with Gasteiger partial charge in [0.2, 0.25) is 0 Å². The summed E-state index contributed by atoms with van der Waals surface area (Å²) in [7, 11) is -1.06. The van der Waals surface area contributed by atoms with Crippen molar-refractivity contribution in [2.75, 3.05) is 18.8 Å². The normalized spacial score (nSPS) is 20.1. The number of rotatable bonds is 14. The highest BCUT2D eigenvalue weighted by Gasteiger charge is 2.26. The Morgan fingerprint density at radius 1 is 1.16 bits per heavy atom. The summed E-state index contributed by atoms with van der Waals surface area (Å²) in [6.07, 6.45) is 14.6. The molecule has 0 aromatic heterocycles. The Labute approximate surface area is 233 Å². The zero-order valence-corrected chi connectivity index (χ0v) is 25.5. The zero-order valence-electron chi connectivity index (χ0n) is 23.8. The van der Waals surface area contributed by atoms with Gasteiger partial charge in [-0.15, -0.1) is 12.3 Å². The second-order valence-corrected chi connectivity index (χ2v) is 13.2. The molecule has 0 spiro atoms. The van der Waals surface area contributed by atoms with E-state index in [1.54, 1.807) is 13.0 Å². The van der Waals surface area contributed by atoms with Gasteiger partial charge in [-0.1, -0.05) is 68.6 Å². The predicted molar refractivity (Wildman–Crippen MR) is 163 cm³/mol. The molecule has 3 nitrogen and oxygen atoms in total. The van der Waals surface area contributed by atoms with Crippen LogP contribution in [0.25, 0.3) is 0 Å². The first kappa shape index (κ1) is 33.6. The van der Waals surface area contributed by atoms with E-state index in [1.165, 1.54) is 49.8 Å². The number of nitrogens with one attached hydrogen (secondary N) is 2. The lowest BCUT2D eigenvalue weighted by Gasteiger charge is -2.32. The van der Waals surface area contributed by atoms with Crippen LogP contribution in [0.2, 0.25) is 0 Å². The second kappa shape index (κ2) is 19.6. The maximum absolute atomic E-state index is 12.8. The van der Waals surface area contributed by atoms with E-state index in [2.05, 4.69) is 66.8 Å². The molecule has 37 heavy (non-hydrogen) atoms. The maximum Gasteiger partial charge on any atom is 0.0968 e. The summed E-state index contributed by atoms with van der Waals surface area (Å²) in [6.45, 7) is 13.7. The molecule has 0 aliphatic heterocycles. The molecule has 0 heterocycles. The zero-order chi connectivity index (χ0) is 27.6. The van der Waals surface area contributed by atoms with E-state index in [9.17, 15) is 8.60 Å². The molecule has 1 saturated carbocycles. The molecule has 208 valence electrons. The maximum atomic E-state index is 12.8. The third-order valence-electron chi connectivity index (χ3n) is 6.71. The molecule has 2 unspecified atom stereocenters. The van der Waals surface area contributed by atoms with Crippen LogP contribution in [0.5, 0.6) is 0 Å². The smallest absolute Gasteiger partial charge is 0.0968 e. The van der Waals surface area contributed by atoms with Crippen molar-refractivity contribution in [3.05, 3.63) is 58.9 Å². The lowest BCUT2D eigenvalue weighted by molar-refractivity contribution is 0.247. The molecular weight excluding hydrogens is 499 g/mol. The number of hydrogen-bond donors (Lipinski definition) is 2. The first-order valence-corrected chi connectivity index (χ1v) is 15.8. The van der Waals surface area contributed by atoms with Crippen molar-refractivity contribution >= 4 is 22.9 Å². The number of hydrogen-bond acceptors (Lipinski definition) is 3. The Morgan fingerprint density at radius 3 is 2.35 bits per heavy atom. The van der Waals surface area contributed by atoms with E-state index in [0.29, 0.717) is 29.9 Å². The summed E-state index contributed by atoms with van der Waals surface area (Å²) < 4.78 is 31.6. The van der Waals surface area contributed by atoms with E-state index in [0.717, 1.165) is 30.4 Å². The number of allylic oxidation sites excluding steroid dienone is 4. The molecule has 0 saturated heterocycles. The van der Waals surface area contributed by atoms with Crippen LogP contribution in [0.3, 0.4) is 0 Å². The highest BCUT2D eigenvalue weighted by atomic mass is 32.2. The van der Waals surface area contributed by atoms with Crippen LogP contribution < -0.4 is 9.44 Å². The molecule has 1 aliphatic carbocycles. The number of halogens is 1. The molecular formula is C31H49FN2OS2. The molecule has 2 atom stereocenters. The summed E-state index contributed by atoms with van der Waals surface area (Å²) in [5.74, 6) is 4.86. The van der Waals surface area contributed by atoms with Gasteiger partial charge >= 0.3 is 0 Å². The SMILES string of the molecule is C#CC.C/C(F)=C\C=C(/C)CCS(=O)NCCc1ccc(C2CCC(C(C)CNSC(C)C)CC2)cc1. The third kappa shape index (κ3) is 15.6. The Kier molecular flexibility index (Phi) is 17.9. The molecule has 2 N–H and O–H groups in total. The highest BCUT2D eigenvalue weighted by Crippen LogP contribution is 2.38. The van der Waals surface area contributed by atoms with E-state index >= 15 is 0 Å². The first-order valence-electron chi connectivity index (χ1n) is 13.6. The summed E-state index contributed by atoms with van der Waals surface area (Å²) in [4.78, 5) is 0. The predicted octanol–water partition coefficient (Wildman–Crippen LogP) is 7.89. The van der Waals surface area contributed by atoms with Crippen molar-refractivity contribution in [3.63, 3.8) is 0 Å². The third-order valence-corrected chi connectivity index (χ3v) is 8.61. The second-order valence-electron chi connectivity index (χ2n) is 10.3. The van der Waals surface area contributed by atoms with E-state index in [4.69, 9.17) is 0 Å². The molecule has 0 radical (unpaired) electrons. The van der Waals surface area contributed by atoms with Gasteiger partial charge in [0.1, 0.15) is 0 Å². The first-order chi connectivity index (χ1) is 17.7. The van der Waals surface area contributed by atoms with Gasteiger partial charge in [-0.2, -0.15) is 0 Å².